The van der Waals surface area contributed by atoms with Crippen molar-refractivity contribution in [1.29, 1.82) is 0 Å². The summed E-state index contributed by atoms with van der Waals surface area (Å²) in [5, 5.41) is 15.6. The van der Waals surface area contributed by atoms with Crippen LogP contribution in [0, 0.1) is 5.41 Å². The van der Waals surface area contributed by atoms with Crippen LogP contribution in [0.1, 0.15) is 39.2 Å². The lowest BCUT2D eigenvalue weighted by molar-refractivity contribution is -0.217. The monoisotopic (exact) mass is 469 g/mol. The summed E-state index contributed by atoms with van der Waals surface area (Å²) in [6, 6.07) is 5.79. The van der Waals surface area contributed by atoms with Gasteiger partial charge in [0.15, 0.2) is 0 Å². The van der Waals surface area contributed by atoms with Crippen LogP contribution in [0.2, 0.25) is 0 Å². The molecule has 1 saturated carbocycles. The standard InChI is InChI=1S/C26H35N3O5/c1-6-24-10-7-12-29-13-11-25(21(24)29)19-9-8-18(33-5)14-20(19)28(4)22(25)26(32,15-27-16(2)30)23(24)34-17(3)31/h7-10,14,21-23,32H,6,11-13,15H2,1-5H3,(H,27,30)/t21-,22+,23+,24+,25+,26-/m0/s1. The van der Waals surface area contributed by atoms with Crippen molar-refractivity contribution in [3.8, 4) is 5.75 Å². The number of aliphatic hydroxyl groups is 1. The molecule has 8 heteroatoms. The number of amides is 1. The summed E-state index contributed by atoms with van der Waals surface area (Å²) in [7, 11) is 3.64. The number of hydrogen-bond acceptors (Lipinski definition) is 7. The first-order valence-corrected chi connectivity index (χ1v) is 12.1. The van der Waals surface area contributed by atoms with E-state index in [1.54, 1.807) is 7.11 Å². The first kappa shape index (κ1) is 23.2. The zero-order chi connectivity index (χ0) is 24.5. The van der Waals surface area contributed by atoms with Gasteiger partial charge in [-0.25, -0.2) is 0 Å². The van der Waals surface area contributed by atoms with Gasteiger partial charge >= 0.3 is 5.97 Å². The number of nitrogens with one attached hydrogen (secondary N) is 1. The lowest BCUT2D eigenvalue weighted by Gasteiger charge is -2.64. The molecule has 1 spiro atoms. The smallest absolute Gasteiger partial charge is 0.303 e. The molecule has 1 amide bonds. The molecule has 2 fully saturated rings. The molecule has 4 aliphatic rings. The Labute approximate surface area is 200 Å². The number of benzene rings is 1. The maximum Gasteiger partial charge on any atom is 0.303 e. The second-order valence-corrected chi connectivity index (χ2v) is 10.3. The van der Waals surface area contributed by atoms with E-state index in [0.717, 1.165) is 30.9 Å². The molecule has 0 bridgehead atoms. The topological polar surface area (TPSA) is 91.3 Å². The number of carbonyl (C=O) groups excluding carboxylic acids is 2. The van der Waals surface area contributed by atoms with Gasteiger partial charge in [0.25, 0.3) is 0 Å². The quantitative estimate of drug-likeness (QED) is 0.500. The van der Waals surface area contributed by atoms with Crippen molar-refractivity contribution in [2.45, 2.75) is 62.8 Å². The Morgan fingerprint density at radius 3 is 2.68 bits per heavy atom. The zero-order valence-electron chi connectivity index (χ0n) is 20.6. The average molecular weight is 470 g/mol. The first-order valence-electron chi connectivity index (χ1n) is 12.1. The summed E-state index contributed by atoms with van der Waals surface area (Å²) >= 11 is 0. The third-order valence-corrected chi connectivity index (χ3v) is 8.84. The Kier molecular flexibility index (Phi) is 5.26. The Bertz CT molecular complexity index is 1060. The Balaban J connectivity index is 1.81. The summed E-state index contributed by atoms with van der Waals surface area (Å²) in [6.07, 6.45) is 5.04. The number of methoxy groups -OCH3 is 1. The van der Waals surface area contributed by atoms with Crippen LogP contribution in [0.25, 0.3) is 0 Å². The lowest BCUT2D eigenvalue weighted by Crippen LogP contribution is -2.81. The molecule has 1 aromatic rings. The van der Waals surface area contributed by atoms with Gasteiger partial charge in [-0.05, 0) is 31.0 Å². The Hall–Kier alpha value is -2.58. The first-order chi connectivity index (χ1) is 16.2. The SMILES string of the molecule is CC[C@]12C=CCN3CC[C@@]4(c5ccc(OC)cc5N(C)[C@H]4[C@@](O)(CNC(C)=O)[C@@H]1OC(C)=O)[C@@H]32. The van der Waals surface area contributed by atoms with E-state index < -0.39 is 34.5 Å². The molecule has 1 aliphatic carbocycles. The van der Waals surface area contributed by atoms with Crippen LogP contribution in [0.3, 0.4) is 0 Å². The Morgan fingerprint density at radius 1 is 1.26 bits per heavy atom. The summed E-state index contributed by atoms with van der Waals surface area (Å²) < 4.78 is 11.6. The molecule has 6 atom stereocenters. The average Bonchev–Trinajstić information content (AvgIpc) is 3.32. The van der Waals surface area contributed by atoms with E-state index in [0.29, 0.717) is 6.42 Å². The van der Waals surface area contributed by atoms with Crippen LogP contribution >= 0.6 is 0 Å². The molecule has 0 unspecified atom stereocenters. The number of anilines is 1. The number of likely N-dealkylation sites (N-methyl/N-ethyl adjacent to an activating group) is 1. The van der Waals surface area contributed by atoms with E-state index >= 15 is 0 Å². The highest BCUT2D eigenvalue weighted by Crippen LogP contribution is 2.67. The largest absolute Gasteiger partial charge is 0.497 e. The van der Waals surface area contributed by atoms with Crippen molar-refractivity contribution in [3.05, 3.63) is 35.9 Å². The molecular formula is C26H35N3O5. The van der Waals surface area contributed by atoms with Crippen molar-refractivity contribution in [2.75, 3.05) is 38.7 Å². The molecule has 184 valence electrons. The van der Waals surface area contributed by atoms with Gasteiger partial charge in [-0.1, -0.05) is 25.1 Å². The highest BCUT2D eigenvalue weighted by molar-refractivity contribution is 5.74. The maximum absolute atomic E-state index is 12.7. The van der Waals surface area contributed by atoms with Crippen LogP contribution < -0.4 is 15.0 Å². The van der Waals surface area contributed by atoms with Gasteiger partial charge in [0.05, 0.1) is 19.7 Å². The number of nitrogens with zero attached hydrogens (tertiary/aromatic N) is 2. The number of ether oxygens (including phenoxy) is 2. The molecule has 0 radical (unpaired) electrons. The highest BCUT2D eigenvalue weighted by Gasteiger charge is 2.77. The number of esters is 1. The van der Waals surface area contributed by atoms with Crippen molar-refractivity contribution >= 4 is 17.6 Å². The summed E-state index contributed by atoms with van der Waals surface area (Å²) in [5.74, 6) is 0.0847. The van der Waals surface area contributed by atoms with E-state index in [1.807, 2.05) is 19.2 Å². The predicted molar refractivity (Wildman–Crippen MR) is 128 cm³/mol. The molecule has 8 nitrogen and oxygen atoms in total. The molecule has 34 heavy (non-hydrogen) atoms. The molecule has 5 rings (SSSR count). The van der Waals surface area contributed by atoms with Gasteiger partial charge in [0.1, 0.15) is 17.5 Å². The predicted octanol–water partition coefficient (Wildman–Crippen LogP) is 1.60. The molecule has 2 N–H and O–H groups in total. The fourth-order valence-corrected chi connectivity index (χ4v) is 7.91. The zero-order valence-corrected chi connectivity index (χ0v) is 20.6. The van der Waals surface area contributed by atoms with E-state index in [9.17, 15) is 14.7 Å². The highest BCUT2D eigenvalue weighted by atomic mass is 16.6. The molecule has 1 aromatic carbocycles. The summed E-state index contributed by atoms with van der Waals surface area (Å²) in [4.78, 5) is 29.1. The van der Waals surface area contributed by atoms with Crippen molar-refractivity contribution in [2.24, 2.45) is 5.41 Å². The van der Waals surface area contributed by atoms with Crippen LogP contribution in [0.15, 0.2) is 30.4 Å². The fourth-order valence-electron chi connectivity index (χ4n) is 7.91. The number of hydrogen-bond donors (Lipinski definition) is 2. The van der Waals surface area contributed by atoms with Crippen LogP contribution in [0.4, 0.5) is 5.69 Å². The lowest BCUT2D eigenvalue weighted by atomic mass is 9.47. The number of carbonyl (C=O) groups is 2. The molecule has 3 aliphatic heterocycles. The van der Waals surface area contributed by atoms with Crippen molar-refractivity contribution in [3.63, 3.8) is 0 Å². The van der Waals surface area contributed by atoms with Gasteiger partial charge in [-0.2, -0.15) is 0 Å². The third kappa shape index (κ3) is 2.78. The normalized spacial score (nSPS) is 37.6. The van der Waals surface area contributed by atoms with Gasteiger partial charge in [-0.3, -0.25) is 14.5 Å². The second-order valence-electron chi connectivity index (χ2n) is 10.3. The second kappa shape index (κ2) is 7.71. The van der Waals surface area contributed by atoms with Crippen molar-refractivity contribution < 1.29 is 24.2 Å². The molecular weight excluding hydrogens is 434 g/mol. The van der Waals surface area contributed by atoms with Crippen molar-refractivity contribution in [1.82, 2.24) is 10.2 Å². The minimum atomic E-state index is -1.53. The van der Waals surface area contributed by atoms with Gasteiger partial charge in [0.2, 0.25) is 5.91 Å². The Morgan fingerprint density at radius 2 is 2.03 bits per heavy atom. The molecule has 0 aromatic heterocycles. The van der Waals surface area contributed by atoms with E-state index in [-0.39, 0.29) is 18.5 Å². The minimum Gasteiger partial charge on any atom is -0.497 e. The maximum atomic E-state index is 12.7. The van der Waals surface area contributed by atoms with Gasteiger partial charge in [-0.15, -0.1) is 0 Å². The fraction of sp³-hybridized carbons (Fsp3) is 0.615. The molecule has 3 heterocycles. The van der Waals surface area contributed by atoms with Crippen LogP contribution in [-0.4, -0.2) is 79.5 Å². The molecule has 1 saturated heterocycles. The van der Waals surface area contributed by atoms with Crippen LogP contribution in [-0.2, 0) is 19.7 Å². The van der Waals surface area contributed by atoms with Gasteiger partial charge in [0, 0.05) is 56.1 Å². The van der Waals surface area contributed by atoms with E-state index in [4.69, 9.17) is 9.47 Å². The van der Waals surface area contributed by atoms with E-state index in [2.05, 4.69) is 40.3 Å². The van der Waals surface area contributed by atoms with E-state index in [1.165, 1.54) is 19.4 Å². The third-order valence-electron chi connectivity index (χ3n) is 8.84. The van der Waals surface area contributed by atoms with Gasteiger partial charge < -0.3 is 24.8 Å². The number of fused-ring (bicyclic) bond motifs is 1. The summed E-state index contributed by atoms with van der Waals surface area (Å²) in [5.41, 5.74) is -0.338. The number of rotatable bonds is 5. The minimum absolute atomic E-state index is 0.00945. The summed E-state index contributed by atoms with van der Waals surface area (Å²) in [6.45, 7) is 6.63. The van der Waals surface area contributed by atoms with Crippen LogP contribution in [0.5, 0.6) is 5.75 Å².